The Morgan fingerprint density at radius 1 is 1.05 bits per heavy atom. The molecule has 3 aromatic heterocycles. The normalized spacial score (nSPS) is 11.5. The predicted molar refractivity (Wildman–Crippen MR) is 137 cm³/mol. The Morgan fingerprint density at radius 2 is 1.86 bits per heavy atom. The van der Waals surface area contributed by atoms with Gasteiger partial charge in [-0.25, -0.2) is 23.1 Å². The first-order chi connectivity index (χ1) is 17.8. The highest BCUT2D eigenvalue weighted by molar-refractivity contribution is 7.92. The number of anilines is 1. The lowest BCUT2D eigenvalue weighted by molar-refractivity contribution is 0.430. The third-order valence-electron chi connectivity index (χ3n) is 5.65. The largest absolute Gasteiger partial charge is 0.448 e. The zero-order valence-electron chi connectivity index (χ0n) is 20.2. The molecule has 37 heavy (non-hydrogen) atoms. The Labute approximate surface area is 212 Å². The van der Waals surface area contributed by atoms with Crippen molar-refractivity contribution in [3.05, 3.63) is 77.6 Å². The van der Waals surface area contributed by atoms with E-state index >= 15 is 0 Å². The number of aryl methyl sites for hydroxylation is 1. The molecule has 0 aliphatic heterocycles. The van der Waals surface area contributed by atoms with E-state index in [0.29, 0.717) is 45.4 Å². The van der Waals surface area contributed by atoms with Gasteiger partial charge in [-0.3, -0.25) is 0 Å². The molecule has 0 bridgehead atoms. The van der Waals surface area contributed by atoms with Crippen molar-refractivity contribution in [1.82, 2.24) is 15.1 Å². The molecule has 0 fully saturated rings. The van der Waals surface area contributed by atoms with Crippen molar-refractivity contribution < 1.29 is 21.8 Å². The highest BCUT2D eigenvalue weighted by Crippen LogP contribution is 2.39. The zero-order valence-corrected chi connectivity index (χ0v) is 21.0. The van der Waals surface area contributed by atoms with Gasteiger partial charge in [0.2, 0.25) is 5.89 Å². The van der Waals surface area contributed by atoms with Gasteiger partial charge in [0.1, 0.15) is 18.2 Å². The van der Waals surface area contributed by atoms with Crippen LogP contribution in [0.25, 0.3) is 38.7 Å². The first-order valence-corrected chi connectivity index (χ1v) is 12.8. The second-order valence-corrected chi connectivity index (χ2v) is 10.2. The van der Waals surface area contributed by atoms with E-state index in [4.69, 9.17) is 19.9 Å². The summed E-state index contributed by atoms with van der Waals surface area (Å²) in [5.74, 6) is 0.870. The Morgan fingerprint density at radius 3 is 2.57 bits per heavy atom. The predicted octanol–water partition coefficient (Wildman–Crippen LogP) is 6.48. The van der Waals surface area contributed by atoms with Crippen molar-refractivity contribution >= 4 is 21.6 Å². The molecule has 5 aromatic rings. The fraction of sp³-hybridized carbons (Fsp3) is 0.154. The van der Waals surface area contributed by atoms with Gasteiger partial charge in [0.15, 0.2) is 11.6 Å². The van der Waals surface area contributed by atoms with Crippen LogP contribution in [0.1, 0.15) is 31.4 Å². The Bertz CT molecular complexity index is 1730. The number of hydrogen-bond acceptors (Lipinski definition) is 8. The van der Waals surface area contributed by atoms with Gasteiger partial charge in [-0.2, -0.15) is 0 Å². The third-order valence-corrected chi connectivity index (χ3v) is 7.03. The fourth-order valence-corrected chi connectivity index (χ4v) is 5.06. The van der Waals surface area contributed by atoms with Crippen LogP contribution in [0.15, 0.2) is 79.4 Å². The number of oxazole rings is 2. The van der Waals surface area contributed by atoms with Crippen LogP contribution in [0.2, 0.25) is 0 Å². The summed E-state index contributed by atoms with van der Waals surface area (Å²) in [6, 6.07) is 12.0. The van der Waals surface area contributed by atoms with Gasteiger partial charge in [-0.1, -0.05) is 43.3 Å². The second kappa shape index (κ2) is 9.40. The zero-order chi connectivity index (χ0) is 26.2. The second-order valence-electron chi connectivity index (χ2n) is 8.50. The number of sulfonamides is 1. The van der Waals surface area contributed by atoms with Crippen LogP contribution in [0, 0.1) is 13.5 Å². The number of aromatic nitrogens is 3. The molecule has 186 valence electrons. The molecule has 0 atom stereocenters. The highest BCUT2D eigenvalue weighted by atomic mass is 32.2. The highest BCUT2D eigenvalue weighted by Gasteiger charge is 2.29. The molecule has 5 rings (SSSR count). The lowest BCUT2D eigenvalue weighted by Crippen LogP contribution is -2.14. The smallest absolute Gasteiger partial charge is 0.426 e. The molecule has 3 heterocycles. The molecule has 0 aliphatic carbocycles. The third kappa shape index (κ3) is 4.50. The molecule has 1 N–H and O–H groups in total. The van der Waals surface area contributed by atoms with E-state index in [0.717, 1.165) is 0 Å². The van der Waals surface area contributed by atoms with Crippen LogP contribution < -0.4 is 4.72 Å². The van der Waals surface area contributed by atoms with Crippen LogP contribution in [-0.4, -0.2) is 23.5 Å². The van der Waals surface area contributed by atoms with Gasteiger partial charge in [-0.15, -0.1) is 0 Å². The lowest BCUT2D eigenvalue weighted by atomic mass is 9.95. The summed E-state index contributed by atoms with van der Waals surface area (Å²) >= 11 is 0. The van der Waals surface area contributed by atoms with E-state index < -0.39 is 10.0 Å². The van der Waals surface area contributed by atoms with E-state index in [-0.39, 0.29) is 22.4 Å². The first-order valence-electron chi connectivity index (χ1n) is 11.3. The molecule has 0 aliphatic rings. The minimum Gasteiger partial charge on any atom is -0.448 e. The molecule has 0 saturated heterocycles. The molecule has 0 radical (unpaired) electrons. The first kappa shape index (κ1) is 24.0. The Hall–Kier alpha value is -4.69. The van der Waals surface area contributed by atoms with E-state index in [9.17, 15) is 8.42 Å². The van der Waals surface area contributed by atoms with Crippen LogP contribution in [0.4, 0.5) is 11.6 Å². The minimum absolute atomic E-state index is 0.00438. The minimum atomic E-state index is -4.15. The van der Waals surface area contributed by atoms with Crippen LogP contribution >= 0.6 is 0 Å². The van der Waals surface area contributed by atoms with Gasteiger partial charge < -0.3 is 13.4 Å². The average molecular weight is 517 g/mol. The van der Waals surface area contributed by atoms with Crippen LogP contribution in [0.3, 0.4) is 0 Å². The maximum Gasteiger partial charge on any atom is 0.426 e. The molecule has 11 heteroatoms. The molecular weight excluding hydrogens is 494 g/mol. The van der Waals surface area contributed by atoms with Gasteiger partial charge in [0.05, 0.1) is 11.1 Å². The topological polar surface area (TPSA) is 129 Å². The van der Waals surface area contributed by atoms with E-state index in [2.05, 4.69) is 24.7 Å². The molecule has 0 spiro atoms. The molecule has 0 saturated carbocycles. The van der Waals surface area contributed by atoms with Gasteiger partial charge in [0, 0.05) is 22.6 Å². The molecule has 0 amide bonds. The van der Waals surface area contributed by atoms with Crippen molar-refractivity contribution in [1.29, 1.82) is 0 Å². The van der Waals surface area contributed by atoms with Gasteiger partial charge in [0.25, 0.3) is 16.6 Å². The Kier molecular flexibility index (Phi) is 6.11. The molecule has 10 nitrogen and oxygen atoms in total. The number of benzene rings is 2. The van der Waals surface area contributed by atoms with Crippen molar-refractivity contribution in [3.63, 3.8) is 0 Å². The summed E-state index contributed by atoms with van der Waals surface area (Å²) in [6.07, 6.45) is 4.59. The van der Waals surface area contributed by atoms with E-state index in [1.54, 1.807) is 49.7 Å². The standard InChI is InChI=1S/C26H22N5O5S/c1-15(2)24-29-21(14-35-24)20-13-17(25-28-11-12-34-25)9-10-18(20)19-7-5-6-8-22(19)37(32,33)31-26-23(27-4)16(3)30-36-26/h4-15,31H,1-3H3/q+1. The fourth-order valence-electron chi connectivity index (χ4n) is 3.85. The van der Waals surface area contributed by atoms with Gasteiger partial charge in [-0.05, 0) is 35.5 Å². The summed E-state index contributed by atoms with van der Waals surface area (Å²) < 4.78 is 45.7. The summed E-state index contributed by atoms with van der Waals surface area (Å²) in [6.45, 7) is 10.9. The number of hydrogen-bond donors (Lipinski definition) is 1. The number of rotatable bonds is 7. The van der Waals surface area contributed by atoms with E-state index in [1.165, 1.54) is 12.3 Å². The Balaban J connectivity index is 1.67. The van der Waals surface area contributed by atoms with Crippen LogP contribution in [-0.2, 0) is 10.0 Å². The van der Waals surface area contributed by atoms with Crippen molar-refractivity contribution in [2.75, 3.05) is 4.72 Å². The SMILES string of the molecule is C#[N+]c1c(C)noc1NS(=O)(=O)c1ccccc1-c1ccc(-c2ncco2)cc1-c1coc(C(C)C)n1. The van der Waals surface area contributed by atoms with E-state index in [1.807, 2.05) is 19.9 Å². The summed E-state index contributed by atoms with van der Waals surface area (Å²) in [5, 5.41) is 3.74. The monoisotopic (exact) mass is 516 g/mol. The lowest BCUT2D eigenvalue weighted by Gasteiger charge is -2.14. The number of nitrogens with one attached hydrogen (secondary N) is 1. The number of nitrogens with zero attached hydrogens (tertiary/aromatic N) is 4. The van der Waals surface area contributed by atoms with Crippen molar-refractivity contribution in [2.24, 2.45) is 0 Å². The maximum absolute atomic E-state index is 13.5. The molecule has 2 aromatic carbocycles. The van der Waals surface area contributed by atoms with Crippen molar-refractivity contribution in [3.8, 4) is 40.4 Å². The van der Waals surface area contributed by atoms with Crippen molar-refractivity contribution in [2.45, 2.75) is 31.6 Å². The molecule has 0 unspecified atom stereocenters. The molecular formula is C26H22N5O5S+. The quantitative estimate of drug-likeness (QED) is 0.260. The summed E-state index contributed by atoms with van der Waals surface area (Å²) in [7, 11) is -4.15. The maximum atomic E-state index is 13.5. The average Bonchev–Trinajstić information content (AvgIpc) is 3.65. The summed E-state index contributed by atoms with van der Waals surface area (Å²) in [5.41, 5.74) is 3.38. The summed E-state index contributed by atoms with van der Waals surface area (Å²) in [4.78, 5) is 12.4. The van der Waals surface area contributed by atoms with Crippen LogP contribution in [0.5, 0.6) is 0 Å². The van der Waals surface area contributed by atoms with Gasteiger partial charge >= 0.3 is 11.6 Å².